The highest BCUT2D eigenvalue weighted by Gasteiger charge is 2.19. The van der Waals surface area contributed by atoms with Crippen LogP contribution in [0.25, 0.3) is 11.3 Å². The number of halogens is 1. The van der Waals surface area contributed by atoms with Crippen LogP contribution in [0.1, 0.15) is 4.88 Å². The molecule has 3 aromatic rings. The van der Waals surface area contributed by atoms with E-state index in [9.17, 15) is 9.90 Å². The molecule has 0 bridgehead atoms. The minimum atomic E-state index is -0.931. The normalized spacial score (nSPS) is 10.5. The van der Waals surface area contributed by atoms with Crippen LogP contribution in [-0.4, -0.2) is 30.3 Å². The summed E-state index contributed by atoms with van der Waals surface area (Å²) in [6.45, 7) is 0. The summed E-state index contributed by atoms with van der Waals surface area (Å²) >= 11 is 7.19. The fraction of sp³-hybridized carbons (Fsp3) is 0.158. The maximum atomic E-state index is 11.3. The molecule has 3 rings (SSSR count). The van der Waals surface area contributed by atoms with Crippen molar-refractivity contribution in [2.24, 2.45) is 0 Å². The van der Waals surface area contributed by atoms with Crippen molar-refractivity contribution in [3.63, 3.8) is 0 Å². The van der Waals surface area contributed by atoms with E-state index >= 15 is 0 Å². The van der Waals surface area contributed by atoms with Gasteiger partial charge in [-0.05, 0) is 42.5 Å². The third kappa shape index (κ3) is 4.50. The number of aliphatic carboxylic acids is 1. The molecule has 140 valence electrons. The van der Waals surface area contributed by atoms with Gasteiger partial charge in [0.25, 0.3) is 0 Å². The fourth-order valence-corrected chi connectivity index (χ4v) is 3.64. The van der Waals surface area contributed by atoms with Gasteiger partial charge in [0.2, 0.25) is 0 Å². The molecule has 27 heavy (non-hydrogen) atoms. The number of hydrogen-bond donors (Lipinski definition) is 2. The Kier molecular flexibility index (Phi) is 5.83. The second-order valence-corrected chi connectivity index (χ2v) is 7.08. The number of thiazole rings is 1. The zero-order valence-electron chi connectivity index (χ0n) is 14.7. The highest BCUT2D eigenvalue weighted by molar-refractivity contribution is 7.16. The lowest BCUT2D eigenvalue weighted by molar-refractivity contribution is -0.136. The number of methoxy groups -OCH3 is 2. The molecular weight excluding hydrogens is 388 g/mol. The van der Waals surface area contributed by atoms with Gasteiger partial charge in [0.15, 0.2) is 5.13 Å². The molecule has 0 radical (unpaired) electrons. The average Bonchev–Trinajstić information content (AvgIpc) is 3.04. The number of carbonyl (C=O) groups is 1. The predicted octanol–water partition coefficient (Wildman–Crippen LogP) is 4.85. The Bertz CT molecular complexity index is 957. The third-order valence-corrected chi connectivity index (χ3v) is 4.99. The van der Waals surface area contributed by atoms with Gasteiger partial charge in [0, 0.05) is 21.2 Å². The van der Waals surface area contributed by atoms with Gasteiger partial charge in [-0.15, -0.1) is 11.3 Å². The van der Waals surface area contributed by atoms with Crippen LogP contribution in [0.5, 0.6) is 11.5 Å². The van der Waals surface area contributed by atoms with E-state index in [4.69, 9.17) is 21.1 Å². The number of aromatic nitrogens is 1. The molecule has 1 heterocycles. The summed E-state index contributed by atoms with van der Waals surface area (Å²) in [5.74, 6) is 0.290. The molecule has 0 saturated heterocycles. The Morgan fingerprint density at radius 3 is 2.56 bits per heavy atom. The molecule has 8 heteroatoms. The molecule has 0 aliphatic rings. The quantitative estimate of drug-likeness (QED) is 0.585. The number of carboxylic acids is 1. The monoisotopic (exact) mass is 404 g/mol. The van der Waals surface area contributed by atoms with E-state index in [1.165, 1.54) is 11.3 Å². The second kappa shape index (κ2) is 8.28. The van der Waals surface area contributed by atoms with Crippen LogP contribution in [0.3, 0.4) is 0 Å². The number of anilines is 2. The molecule has 2 N–H and O–H groups in total. The first kappa shape index (κ1) is 19.0. The van der Waals surface area contributed by atoms with E-state index in [0.29, 0.717) is 37.8 Å². The Labute approximate surface area is 165 Å². The Balaban J connectivity index is 2.04. The average molecular weight is 405 g/mol. The highest BCUT2D eigenvalue weighted by atomic mass is 35.5. The van der Waals surface area contributed by atoms with Crippen molar-refractivity contribution < 1.29 is 19.4 Å². The molecule has 0 unspecified atom stereocenters. The summed E-state index contributed by atoms with van der Waals surface area (Å²) in [5, 5.41) is 13.7. The molecule has 0 atom stereocenters. The summed E-state index contributed by atoms with van der Waals surface area (Å²) < 4.78 is 10.7. The van der Waals surface area contributed by atoms with Crippen LogP contribution in [0.4, 0.5) is 10.8 Å². The van der Waals surface area contributed by atoms with Crippen LogP contribution < -0.4 is 14.8 Å². The second-order valence-electron chi connectivity index (χ2n) is 5.56. The largest absolute Gasteiger partial charge is 0.497 e. The van der Waals surface area contributed by atoms with Crippen LogP contribution >= 0.6 is 22.9 Å². The van der Waals surface area contributed by atoms with Crippen molar-refractivity contribution in [3.8, 4) is 22.8 Å². The van der Waals surface area contributed by atoms with Gasteiger partial charge >= 0.3 is 5.97 Å². The lowest BCUT2D eigenvalue weighted by Gasteiger charge is -2.10. The SMILES string of the molecule is COc1ccc(OC)c(-c2nc(Nc3ccc(Cl)cc3)sc2CC(=O)O)c1. The molecule has 0 fully saturated rings. The molecule has 0 amide bonds. The number of benzene rings is 2. The molecular formula is C19H17ClN2O4S. The van der Waals surface area contributed by atoms with Gasteiger partial charge < -0.3 is 19.9 Å². The summed E-state index contributed by atoms with van der Waals surface area (Å²) in [6, 6.07) is 12.5. The van der Waals surface area contributed by atoms with Crippen LogP contribution in [0.15, 0.2) is 42.5 Å². The molecule has 0 saturated carbocycles. The lowest BCUT2D eigenvalue weighted by Crippen LogP contribution is -2.00. The Morgan fingerprint density at radius 1 is 1.19 bits per heavy atom. The smallest absolute Gasteiger partial charge is 0.308 e. The van der Waals surface area contributed by atoms with E-state index in [1.54, 1.807) is 44.6 Å². The van der Waals surface area contributed by atoms with Crippen molar-refractivity contribution >= 4 is 39.7 Å². The van der Waals surface area contributed by atoms with E-state index in [2.05, 4.69) is 10.3 Å². The number of carboxylic acid groups (broad SMARTS) is 1. The van der Waals surface area contributed by atoms with Crippen molar-refractivity contribution in [3.05, 3.63) is 52.4 Å². The fourth-order valence-electron chi connectivity index (χ4n) is 2.53. The van der Waals surface area contributed by atoms with Crippen LogP contribution in [-0.2, 0) is 11.2 Å². The lowest BCUT2D eigenvalue weighted by atomic mass is 10.1. The summed E-state index contributed by atoms with van der Waals surface area (Å²) in [7, 11) is 3.12. The first-order valence-electron chi connectivity index (χ1n) is 7.96. The van der Waals surface area contributed by atoms with Crippen molar-refractivity contribution in [1.82, 2.24) is 4.98 Å². The van der Waals surface area contributed by atoms with E-state index < -0.39 is 5.97 Å². The van der Waals surface area contributed by atoms with Gasteiger partial charge in [-0.2, -0.15) is 0 Å². The van der Waals surface area contributed by atoms with E-state index in [0.717, 1.165) is 5.69 Å². The zero-order chi connectivity index (χ0) is 19.4. The first-order chi connectivity index (χ1) is 13.0. The maximum Gasteiger partial charge on any atom is 0.308 e. The molecule has 0 aliphatic heterocycles. The van der Waals surface area contributed by atoms with Gasteiger partial charge in [-0.1, -0.05) is 11.6 Å². The predicted molar refractivity (Wildman–Crippen MR) is 107 cm³/mol. The maximum absolute atomic E-state index is 11.3. The molecule has 2 aromatic carbocycles. The Hall–Kier alpha value is -2.77. The summed E-state index contributed by atoms with van der Waals surface area (Å²) in [4.78, 5) is 16.5. The van der Waals surface area contributed by atoms with Gasteiger partial charge in [-0.3, -0.25) is 4.79 Å². The van der Waals surface area contributed by atoms with E-state index in [-0.39, 0.29) is 6.42 Å². The van der Waals surface area contributed by atoms with Crippen molar-refractivity contribution in [2.45, 2.75) is 6.42 Å². The van der Waals surface area contributed by atoms with Gasteiger partial charge in [0.05, 0.1) is 26.3 Å². The van der Waals surface area contributed by atoms with Crippen molar-refractivity contribution in [1.29, 1.82) is 0 Å². The standard InChI is InChI=1S/C19H17ClN2O4S/c1-25-13-7-8-15(26-2)14(9-13)18-16(10-17(23)24)27-19(22-18)21-12-5-3-11(20)4-6-12/h3-9H,10H2,1-2H3,(H,21,22)(H,23,24). The molecule has 0 spiro atoms. The zero-order valence-corrected chi connectivity index (χ0v) is 16.2. The van der Waals surface area contributed by atoms with E-state index in [1.807, 2.05) is 12.1 Å². The third-order valence-electron chi connectivity index (χ3n) is 3.77. The molecule has 0 aliphatic carbocycles. The number of hydrogen-bond acceptors (Lipinski definition) is 6. The first-order valence-corrected chi connectivity index (χ1v) is 9.16. The number of nitrogens with zero attached hydrogens (tertiary/aromatic N) is 1. The summed E-state index contributed by atoms with van der Waals surface area (Å²) in [5.41, 5.74) is 2.03. The van der Waals surface area contributed by atoms with Crippen LogP contribution in [0.2, 0.25) is 5.02 Å². The Morgan fingerprint density at radius 2 is 1.93 bits per heavy atom. The number of nitrogens with one attached hydrogen (secondary N) is 1. The topological polar surface area (TPSA) is 80.7 Å². The van der Waals surface area contributed by atoms with Gasteiger partial charge in [-0.25, -0.2) is 4.98 Å². The van der Waals surface area contributed by atoms with Crippen molar-refractivity contribution in [2.75, 3.05) is 19.5 Å². The minimum absolute atomic E-state index is 0.143. The van der Waals surface area contributed by atoms with Gasteiger partial charge in [0.1, 0.15) is 11.5 Å². The number of rotatable bonds is 7. The van der Waals surface area contributed by atoms with Crippen LogP contribution in [0, 0.1) is 0 Å². The summed E-state index contributed by atoms with van der Waals surface area (Å²) in [6.07, 6.45) is -0.143. The molecule has 1 aromatic heterocycles. The highest BCUT2D eigenvalue weighted by Crippen LogP contribution is 2.39. The number of ether oxygens (including phenoxy) is 2. The minimum Gasteiger partial charge on any atom is -0.497 e. The molecule has 6 nitrogen and oxygen atoms in total.